The first-order valence-electron chi connectivity index (χ1n) is 11.0. The number of aliphatic hydroxyl groups is 1. The number of hydrogen-bond acceptors (Lipinski definition) is 5. The van der Waals surface area contributed by atoms with Crippen LogP contribution >= 0.6 is 15.9 Å². The summed E-state index contributed by atoms with van der Waals surface area (Å²) >= 11 is 3.65. The summed E-state index contributed by atoms with van der Waals surface area (Å²) in [5.41, 5.74) is 2.14. The molecule has 4 atom stereocenters. The van der Waals surface area contributed by atoms with Gasteiger partial charge in [-0.2, -0.15) is 0 Å². The molecule has 2 aliphatic heterocycles. The van der Waals surface area contributed by atoms with Crippen molar-refractivity contribution in [3.05, 3.63) is 57.6 Å². The monoisotopic (exact) mass is 499 g/mol. The summed E-state index contributed by atoms with van der Waals surface area (Å²) in [6, 6.07) is 10.7. The minimum atomic E-state index is -0.452. The fourth-order valence-electron chi connectivity index (χ4n) is 5.96. The first kappa shape index (κ1) is 21.5. The van der Waals surface area contributed by atoms with E-state index in [0.29, 0.717) is 42.9 Å². The van der Waals surface area contributed by atoms with Crippen molar-refractivity contribution < 1.29 is 24.2 Å². The minimum absolute atomic E-state index is 0.0230. The molecule has 1 fully saturated rings. The summed E-state index contributed by atoms with van der Waals surface area (Å²) < 4.78 is 12.8. The second-order valence-electron chi connectivity index (χ2n) is 9.09. The Morgan fingerprint density at radius 2 is 2.06 bits per heavy atom. The van der Waals surface area contributed by atoms with Crippen LogP contribution in [0.3, 0.4) is 0 Å². The SMILES string of the molecule is COc1cc2c3c(c1Br)O[C@@H]1CC(=O)C[C@@H](C)[C@]31C[C@@H](CO)N(C(=O)c1ccccc1)C2. The van der Waals surface area contributed by atoms with Crippen molar-refractivity contribution in [3.63, 3.8) is 0 Å². The Morgan fingerprint density at radius 3 is 2.75 bits per heavy atom. The van der Waals surface area contributed by atoms with Gasteiger partial charge in [-0.15, -0.1) is 0 Å². The van der Waals surface area contributed by atoms with Gasteiger partial charge in [0.05, 0.1) is 19.8 Å². The smallest absolute Gasteiger partial charge is 0.254 e. The van der Waals surface area contributed by atoms with Crippen LogP contribution < -0.4 is 9.47 Å². The van der Waals surface area contributed by atoms with Crippen LogP contribution in [0, 0.1) is 5.92 Å². The lowest BCUT2D eigenvalue weighted by atomic mass is 9.59. The number of Topliss-reactive ketones (excluding diaryl/α,β-unsaturated/α-hetero) is 1. The van der Waals surface area contributed by atoms with Gasteiger partial charge in [-0.1, -0.05) is 25.1 Å². The third-order valence-corrected chi connectivity index (χ3v) is 8.21. The van der Waals surface area contributed by atoms with Gasteiger partial charge in [0, 0.05) is 35.9 Å². The highest BCUT2D eigenvalue weighted by Gasteiger charge is 2.60. The van der Waals surface area contributed by atoms with Crippen LogP contribution in [0.25, 0.3) is 0 Å². The van der Waals surface area contributed by atoms with Crippen LogP contribution in [-0.2, 0) is 16.8 Å². The molecule has 2 aromatic rings. The van der Waals surface area contributed by atoms with E-state index in [1.807, 2.05) is 24.3 Å². The van der Waals surface area contributed by atoms with Crippen LogP contribution in [-0.4, -0.2) is 47.6 Å². The zero-order valence-corrected chi connectivity index (χ0v) is 19.7. The van der Waals surface area contributed by atoms with Gasteiger partial charge in [0.2, 0.25) is 0 Å². The van der Waals surface area contributed by atoms with Gasteiger partial charge in [0.15, 0.2) is 0 Å². The molecular weight excluding hydrogens is 474 g/mol. The molecule has 32 heavy (non-hydrogen) atoms. The third-order valence-electron chi connectivity index (χ3n) is 7.46. The molecule has 0 aromatic heterocycles. The Labute approximate surface area is 195 Å². The van der Waals surface area contributed by atoms with Gasteiger partial charge in [-0.3, -0.25) is 9.59 Å². The highest BCUT2D eigenvalue weighted by molar-refractivity contribution is 9.10. The number of ether oxygens (including phenoxy) is 2. The summed E-state index contributed by atoms with van der Waals surface area (Å²) in [6.07, 6.45) is 1.02. The lowest BCUT2D eigenvalue weighted by Crippen LogP contribution is -2.53. The van der Waals surface area contributed by atoms with E-state index >= 15 is 0 Å². The highest BCUT2D eigenvalue weighted by atomic mass is 79.9. The maximum atomic E-state index is 13.5. The number of benzene rings is 2. The predicted octanol–water partition coefficient (Wildman–Crippen LogP) is 3.86. The number of aliphatic hydroxyl groups excluding tert-OH is 1. The maximum Gasteiger partial charge on any atom is 0.254 e. The Bertz CT molecular complexity index is 1090. The Hall–Kier alpha value is -2.38. The molecular formula is C25H26BrNO5. The first-order valence-corrected chi connectivity index (χ1v) is 11.7. The lowest BCUT2D eigenvalue weighted by molar-refractivity contribution is -0.127. The highest BCUT2D eigenvalue weighted by Crippen LogP contribution is 2.60. The number of ketones is 1. The van der Waals surface area contributed by atoms with Crippen molar-refractivity contribution in [2.24, 2.45) is 5.92 Å². The van der Waals surface area contributed by atoms with E-state index in [1.165, 1.54) is 0 Å². The summed E-state index contributed by atoms with van der Waals surface area (Å²) in [6.45, 7) is 2.27. The Morgan fingerprint density at radius 1 is 1.31 bits per heavy atom. The van der Waals surface area contributed by atoms with Crippen molar-refractivity contribution in [2.75, 3.05) is 13.7 Å². The summed E-state index contributed by atoms with van der Waals surface area (Å²) in [4.78, 5) is 27.8. The molecule has 3 aliphatic rings. The number of nitrogens with zero attached hydrogens (tertiary/aromatic N) is 1. The van der Waals surface area contributed by atoms with Crippen LogP contribution in [0.1, 0.15) is 47.7 Å². The van der Waals surface area contributed by atoms with Gasteiger partial charge in [-0.05, 0) is 52.0 Å². The fourth-order valence-corrected chi connectivity index (χ4v) is 6.53. The molecule has 7 heteroatoms. The van der Waals surface area contributed by atoms with E-state index in [9.17, 15) is 14.7 Å². The molecule has 1 saturated carbocycles. The normalized spacial score (nSPS) is 28.4. The summed E-state index contributed by atoms with van der Waals surface area (Å²) in [5, 5.41) is 10.4. The van der Waals surface area contributed by atoms with E-state index in [2.05, 4.69) is 22.9 Å². The second kappa shape index (κ2) is 7.89. The third kappa shape index (κ3) is 3.01. The number of carbonyl (C=O) groups is 2. The predicted molar refractivity (Wildman–Crippen MR) is 122 cm³/mol. The van der Waals surface area contributed by atoms with Crippen LogP contribution in [0.4, 0.5) is 0 Å². The van der Waals surface area contributed by atoms with E-state index < -0.39 is 11.5 Å². The minimum Gasteiger partial charge on any atom is -0.495 e. The van der Waals surface area contributed by atoms with Crippen LogP contribution in [0.2, 0.25) is 0 Å². The maximum absolute atomic E-state index is 13.5. The number of amides is 1. The van der Waals surface area contributed by atoms with Crippen molar-refractivity contribution in [3.8, 4) is 11.5 Å². The second-order valence-corrected chi connectivity index (χ2v) is 9.88. The Kier molecular flexibility index (Phi) is 5.29. The molecule has 0 bridgehead atoms. The molecule has 168 valence electrons. The molecule has 0 radical (unpaired) electrons. The first-order chi connectivity index (χ1) is 15.4. The largest absolute Gasteiger partial charge is 0.495 e. The molecule has 2 heterocycles. The van der Waals surface area contributed by atoms with Crippen molar-refractivity contribution in [2.45, 2.75) is 50.3 Å². The molecule has 1 amide bonds. The van der Waals surface area contributed by atoms with Crippen molar-refractivity contribution in [1.29, 1.82) is 0 Å². The number of halogens is 1. The molecule has 2 aromatic carbocycles. The molecule has 1 spiro atoms. The number of carbonyl (C=O) groups excluding carboxylic acids is 2. The average Bonchev–Trinajstić information content (AvgIpc) is 3.05. The molecule has 0 unspecified atom stereocenters. The fraction of sp³-hybridized carbons (Fsp3) is 0.440. The zero-order valence-electron chi connectivity index (χ0n) is 18.1. The van der Waals surface area contributed by atoms with Gasteiger partial charge in [0.25, 0.3) is 5.91 Å². The summed E-state index contributed by atoms with van der Waals surface area (Å²) in [5.74, 6) is 1.42. The zero-order chi connectivity index (χ0) is 22.6. The molecule has 5 rings (SSSR count). The topological polar surface area (TPSA) is 76.1 Å². The molecule has 1 N–H and O–H groups in total. The van der Waals surface area contributed by atoms with Crippen LogP contribution in [0.15, 0.2) is 40.9 Å². The summed E-state index contributed by atoms with van der Waals surface area (Å²) in [7, 11) is 1.60. The van der Waals surface area contributed by atoms with Gasteiger partial charge in [-0.25, -0.2) is 0 Å². The molecule has 1 aliphatic carbocycles. The quantitative estimate of drug-likeness (QED) is 0.693. The van der Waals surface area contributed by atoms with Crippen molar-refractivity contribution >= 4 is 27.6 Å². The average molecular weight is 500 g/mol. The number of rotatable bonds is 3. The van der Waals surface area contributed by atoms with E-state index in [0.717, 1.165) is 15.6 Å². The molecule has 6 nitrogen and oxygen atoms in total. The van der Waals surface area contributed by atoms with Gasteiger partial charge < -0.3 is 19.5 Å². The number of hydrogen-bond donors (Lipinski definition) is 1. The van der Waals surface area contributed by atoms with Gasteiger partial charge in [0.1, 0.15) is 27.9 Å². The van der Waals surface area contributed by atoms with E-state index in [1.54, 1.807) is 24.1 Å². The van der Waals surface area contributed by atoms with Crippen molar-refractivity contribution in [1.82, 2.24) is 4.90 Å². The standard InChI is InChI=1S/C25H26BrNO5/c1-14-8-18(29)10-20-25(14)11-17(13-28)27(24(30)15-6-4-3-5-7-15)12-16-9-19(31-2)22(26)23(32-20)21(16)25/h3-7,9,14,17,20,28H,8,10-13H2,1-2H3/t14-,17+,20-,25+/m1/s1. The lowest BCUT2D eigenvalue weighted by Gasteiger charge is -2.44. The van der Waals surface area contributed by atoms with Gasteiger partial charge >= 0.3 is 0 Å². The number of methoxy groups -OCH3 is 1. The van der Waals surface area contributed by atoms with E-state index in [-0.39, 0.29) is 30.3 Å². The molecule has 0 saturated heterocycles. The Balaban J connectivity index is 1.71. The van der Waals surface area contributed by atoms with E-state index in [4.69, 9.17) is 9.47 Å². The van der Waals surface area contributed by atoms with Crippen LogP contribution in [0.5, 0.6) is 11.5 Å².